The highest BCUT2D eigenvalue weighted by atomic mass is 32.2. The molecule has 0 aliphatic heterocycles. The van der Waals surface area contributed by atoms with E-state index in [1.807, 2.05) is 25.1 Å². The summed E-state index contributed by atoms with van der Waals surface area (Å²) in [5.74, 6) is 0.908. The van der Waals surface area contributed by atoms with Crippen molar-refractivity contribution in [3.63, 3.8) is 0 Å². The minimum absolute atomic E-state index is 0.0847. The molecule has 9 heteroatoms. The van der Waals surface area contributed by atoms with Gasteiger partial charge in [0.1, 0.15) is 5.76 Å². The van der Waals surface area contributed by atoms with Crippen molar-refractivity contribution in [2.45, 2.75) is 18.2 Å². The van der Waals surface area contributed by atoms with Crippen LogP contribution in [0.25, 0.3) is 0 Å². The first-order valence-electron chi connectivity index (χ1n) is 6.48. The van der Waals surface area contributed by atoms with Crippen molar-refractivity contribution >= 4 is 17.7 Å². The zero-order valence-electron chi connectivity index (χ0n) is 12.0. The van der Waals surface area contributed by atoms with Crippen LogP contribution in [0.15, 0.2) is 28.0 Å². The molecule has 0 unspecified atom stereocenters. The highest BCUT2D eigenvalue weighted by Crippen LogP contribution is 2.13. The van der Waals surface area contributed by atoms with Gasteiger partial charge < -0.3 is 14.6 Å². The van der Waals surface area contributed by atoms with Crippen LogP contribution in [0.4, 0.5) is 0 Å². The molecule has 2 aromatic rings. The number of carbonyl (C=O) groups is 1. The first-order chi connectivity index (χ1) is 10.1. The van der Waals surface area contributed by atoms with Crippen molar-refractivity contribution in [2.24, 2.45) is 0 Å². The maximum absolute atomic E-state index is 11.8. The molecule has 0 bridgehead atoms. The minimum atomic E-state index is -0.0847. The molecule has 0 saturated carbocycles. The number of tetrazole rings is 1. The molecule has 0 aliphatic carbocycles. The van der Waals surface area contributed by atoms with E-state index < -0.39 is 0 Å². The standard InChI is InChI=1S/C12H18N6O2S/c1-17(2)5-6-18-12(14-15-16-18)21-9-11(19)13-8-10-4-3-7-20-10/h3-4,7H,5-6,8-9H2,1-2H3,(H,13,19). The van der Waals surface area contributed by atoms with Crippen LogP contribution in [0.1, 0.15) is 5.76 Å². The summed E-state index contributed by atoms with van der Waals surface area (Å²) in [7, 11) is 3.97. The van der Waals surface area contributed by atoms with Gasteiger partial charge in [0, 0.05) is 6.54 Å². The van der Waals surface area contributed by atoms with E-state index in [-0.39, 0.29) is 11.7 Å². The van der Waals surface area contributed by atoms with Gasteiger partial charge in [-0.15, -0.1) is 5.10 Å². The van der Waals surface area contributed by atoms with Gasteiger partial charge in [-0.2, -0.15) is 0 Å². The van der Waals surface area contributed by atoms with Crippen LogP contribution in [0.5, 0.6) is 0 Å². The molecule has 0 spiro atoms. The summed E-state index contributed by atoms with van der Waals surface area (Å²) in [5.41, 5.74) is 0. The SMILES string of the molecule is CN(C)CCn1nnnc1SCC(=O)NCc1ccco1. The molecule has 8 nitrogen and oxygen atoms in total. The van der Waals surface area contributed by atoms with Crippen molar-refractivity contribution in [3.8, 4) is 0 Å². The van der Waals surface area contributed by atoms with Gasteiger partial charge in [0.2, 0.25) is 11.1 Å². The molecule has 0 radical (unpaired) electrons. The molecule has 0 saturated heterocycles. The summed E-state index contributed by atoms with van der Waals surface area (Å²) in [6.45, 7) is 1.91. The number of amides is 1. The molecular formula is C12H18N6O2S. The van der Waals surface area contributed by atoms with Crippen LogP contribution in [0.3, 0.4) is 0 Å². The number of aromatic nitrogens is 4. The molecule has 21 heavy (non-hydrogen) atoms. The topological polar surface area (TPSA) is 89.1 Å². The van der Waals surface area contributed by atoms with Crippen LogP contribution < -0.4 is 5.32 Å². The van der Waals surface area contributed by atoms with E-state index in [2.05, 4.69) is 20.8 Å². The molecule has 0 aliphatic rings. The molecule has 114 valence electrons. The third kappa shape index (κ3) is 5.20. The van der Waals surface area contributed by atoms with E-state index >= 15 is 0 Å². The summed E-state index contributed by atoms with van der Waals surface area (Å²) in [6.07, 6.45) is 1.58. The maximum Gasteiger partial charge on any atom is 0.230 e. The first-order valence-corrected chi connectivity index (χ1v) is 7.46. The smallest absolute Gasteiger partial charge is 0.230 e. The third-order valence-corrected chi connectivity index (χ3v) is 3.59. The Morgan fingerprint density at radius 2 is 2.38 bits per heavy atom. The number of hydrogen-bond donors (Lipinski definition) is 1. The predicted molar refractivity (Wildman–Crippen MR) is 77.6 cm³/mol. The van der Waals surface area contributed by atoms with Crippen LogP contribution in [0, 0.1) is 0 Å². The van der Waals surface area contributed by atoms with E-state index in [0.717, 1.165) is 12.3 Å². The van der Waals surface area contributed by atoms with Crippen LogP contribution >= 0.6 is 11.8 Å². The molecule has 1 N–H and O–H groups in total. The Morgan fingerprint density at radius 3 is 3.10 bits per heavy atom. The molecule has 2 rings (SSSR count). The second-order valence-corrected chi connectivity index (χ2v) is 5.58. The van der Waals surface area contributed by atoms with Gasteiger partial charge in [-0.1, -0.05) is 11.8 Å². The lowest BCUT2D eigenvalue weighted by Gasteiger charge is -2.09. The predicted octanol–water partition coefficient (Wildman–Crippen LogP) is 0.236. The molecular weight excluding hydrogens is 292 g/mol. The van der Waals surface area contributed by atoms with Gasteiger partial charge in [-0.3, -0.25) is 4.79 Å². The molecule has 2 heterocycles. The Kier molecular flexibility index (Phi) is 5.76. The van der Waals surface area contributed by atoms with Crippen LogP contribution in [0.2, 0.25) is 0 Å². The fourth-order valence-corrected chi connectivity index (χ4v) is 2.25. The number of carbonyl (C=O) groups excluding carboxylic acids is 1. The number of hydrogen-bond acceptors (Lipinski definition) is 7. The third-order valence-electron chi connectivity index (χ3n) is 2.63. The first kappa shape index (κ1) is 15.5. The Balaban J connectivity index is 1.74. The molecule has 2 aromatic heterocycles. The second kappa shape index (κ2) is 7.79. The molecule has 0 fully saturated rings. The van der Waals surface area contributed by atoms with Crippen molar-refractivity contribution in [2.75, 3.05) is 26.4 Å². The summed E-state index contributed by atoms with van der Waals surface area (Å²) >= 11 is 1.32. The normalized spacial score (nSPS) is 11.0. The summed E-state index contributed by atoms with van der Waals surface area (Å²) in [5, 5.41) is 14.9. The Hall–Kier alpha value is -1.87. The number of furan rings is 1. The number of nitrogens with one attached hydrogen (secondary N) is 1. The Labute approximate surface area is 126 Å². The van der Waals surface area contributed by atoms with Crippen LogP contribution in [-0.4, -0.2) is 57.4 Å². The largest absolute Gasteiger partial charge is 0.467 e. The lowest BCUT2D eigenvalue weighted by Crippen LogP contribution is -2.24. The Bertz CT molecular complexity index is 554. The number of rotatable bonds is 8. The average molecular weight is 310 g/mol. The number of likely N-dealkylation sites (N-methyl/N-ethyl adjacent to an activating group) is 1. The zero-order chi connectivity index (χ0) is 15.1. The van der Waals surface area contributed by atoms with Gasteiger partial charge in [0.15, 0.2) is 0 Å². The summed E-state index contributed by atoms with van der Waals surface area (Å²) in [6, 6.07) is 3.60. The van der Waals surface area contributed by atoms with Crippen molar-refractivity contribution < 1.29 is 9.21 Å². The van der Waals surface area contributed by atoms with E-state index in [4.69, 9.17) is 4.42 Å². The lowest BCUT2D eigenvalue weighted by molar-refractivity contribution is -0.118. The highest BCUT2D eigenvalue weighted by Gasteiger charge is 2.10. The van der Waals surface area contributed by atoms with Gasteiger partial charge in [-0.25, -0.2) is 4.68 Å². The van der Waals surface area contributed by atoms with Crippen LogP contribution in [-0.2, 0) is 17.9 Å². The molecule has 0 aromatic carbocycles. The average Bonchev–Trinajstić information content (AvgIpc) is 3.11. The summed E-state index contributed by atoms with van der Waals surface area (Å²) in [4.78, 5) is 13.8. The van der Waals surface area contributed by atoms with E-state index in [9.17, 15) is 4.79 Å². The number of nitrogens with zero attached hydrogens (tertiary/aromatic N) is 5. The van der Waals surface area contributed by atoms with Gasteiger partial charge in [0.05, 0.1) is 25.1 Å². The number of thioether (sulfide) groups is 1. The molecule has 0 atom stereocenters. The van der Waals surface area contributed by atoms with E-state index in [1.165, 1.54) is 11.8 Å². The van der Waals surface area contributed by atoms with Gasteiger partial charge in [0.25, 0.3) is 0 Å². The van der Waals surface area contributed by atoms with Crippen molar-refractivity contribution in [1.82, 2.24) is 30.4 Å². The van der Waals surface area contributed by atoms with E-state index in [0.29, 0.717) is 18.2 Å². The zero-order valence-corrected chi connectivity index (χ0v) is 12.8. The monoisotopic (exact) mass is 310 g/mol. The lowest BCUT2D eigenvalue weighted by atomic mass is 10.4. The molecule has 1 amide bonds. The van der Waals surface area contributed by atoms with Crippen molar-refractivity contribution in [1.29, 1.82) is 0 Å². The maximum atomic E-state index is 11.8. The minimum Gasteiger partial charge on any atom is -0.467 e. The van der Waals surface area contributed by atoms with Gasteiger partial charge in [-0.05, 0) is 36.7 Å². The fraction of sp³-hybridized carbons (Fsp3) is 0.500. The summed E-state index contributed by atoms with van der Waals surface area (Å²) < 4.78 is 6.84. The van der Waals surface area contributed by atoms with E-state index in [1.54, 1.807) is 17.0 Å². The highest BCUT2D eigenvalue weighted by molar-refractivity contribution is 7.99. The van der Waals surface area contributed by atoms with Gasteiger partial charge >= 0.3 is 0 Å². The quantitative estimate of drug-likeness (QED) is 0.698. The fourth-order valence-electron chi connectivity index (χ4n) is 1.51. The van der Waals surface area contributed by atoms with Crippen molar-refractivity contribution in [3.05, 3.63) is 24.2 Å². The second-order valence-electron chi connectivity index (χ2n) is 4.63. The Morgan fingerprint density at radius 1 is 1.52 bits per heavy atom.